The van der Waals surface area contributed by atoms with Crippen molar-refractivity contribution in [3.05, 3.63) is 95.4 Å². The molecule has 6 nitrogen and oxygen atoms in total. The molecule has 0 spiro atoms. The van der Waals surface area contributed by atoms with Crippen molar-refractivity contribution in [2.24, 2.45) is 0 Å². The van der Waals surface area contributed by atoms with E-state index >= 15 is 0 Å². The summed E-state index contributed by atoms with van der Waals surface area (Å²) < 4.78 is 11.3. The van der Waals surface area contributed by atoms with Crippen LogP contribution in [0.5, 0.6) is 0 Å². The molecule has 0 atom stereocenters. The van der Waals surface area contributed by atoms with Gasteiger partial charge in [-0.1, -0.05) is 60.7 Å². The molecule has 1 aromatic heterocycles. The Morgan fingerprint density at radius 3 is 1.97 bits per heavy atom. The molecule has 3 aromatic rings. The van der Waals surface area contributed by atoms with Crippen LogP contribution in [-0.4, -0.2) is 73.1 Å². The summed E-state index contributed by atoms with van der Waals surface area (Å²) in [4.78, 5) is 19.4. The standard InChI is InChI=1S/C27H31N3O3/c31-27(30-17-19-32-20-18-30)25-12-11-24(33-25)21-28-13-15-29(16-14-28)26(22-7-3-1-4-8-22)23-9-5-2-6-10-23/h1-12,26H,13-21H2. The second-order valence-electron chi connectivity index (χ2n) is 8.71. The molecule has 3 heterocycles. The lowest BCUT2D eigenvalue weighted by atomic mass is 9.96. The predicted molar refractivity (Wildman–Crippen MR) is 127 cm³/mol. The molecule has 0 saturated carbocycles. The van der Waals surface area contributed by atoms with Crippen LogP contribution in [0.15, 0.2) is 77.2 Å². The highest BCUT2D eigenvalue weighted by molar-refractivity contribution is 5.91. The smallest absolute Gasteiger partial charge is 0.289 e. The lowest BCUT2D eigenvalue weighted by Crippen LogP contribution is -2.47. The molecule has 0 bridgehead atoms. The van der Waals surface area contributed by atoms with Gasteiger partial charge in [0, 0.05) is 39.3 Å². The lowest BCUT2D eigenvalue weighted by Gasteiger charge is -2.39. The molecule has 2 aliphatic heterocycles. The van der Waals surface area contributed by atoms with Crippen LogP contribution >= 0.6 is 0 Å². The van der Waals surface area contributed by atoms with E-state index in [0.29, 0.717) is 32.1 Å². The van der Waals surface area contributed by atoms with Crippen molar-refractivity contribution in [3.8, 4) is 0 Å². The molecule has 6 heteroatoms. The first-order valence-electron chi connectivity index (χ1n) is 11.8. The van der Waals surface area contributed by atoms with E-state index in [-0.39, 0.29) is 11.9 Å². The summed E-state index contributed by atoms with van der Waals surface area (Å²) in [6.45, 7) is 7.05. The van der Waals surface area contributed by atoms with Gasteiger partial charge in [-0.3, -0.25) is 14.6 Å². The van der Waals surface area contributed by atoms with Gasteiger partial charge >= 0.3 is 0 Å². The fourth-order valence-corrected chi connectivity index (χ4v) is 4.78. The fraction of sp³-hybridized carbons (Fsp3) is 0.370. The van der Waals surface area contributed by atoms with Crippen LogP contribution in [0.1, 0.15) is 33.5 Å². The highest BCUT2D eigenvalue weighted by atomic mass is 16.5. The zero-order valence-corrected chi connectivity index (χ0v) is 18.9. The molecule has 0 unspecified atom stereocenters. The van der Waals surface area contributed by atoms with Gasteiger partial charge in [0.25, 0.3) is 5.91 Å². The highest BCUT2D eigenvalue weighted by Gasteiger charge is 2.27. The van der Waals surface area contributed by atoms with Crippen LogP contribution < -0.4 is 0 Å². The monoisotopic (exact) mass is 445 g/mol. The number of hydrogen-bond acceptors (Lipinski definition) is 5. The number of amides is 1. The number of furan rings is 1. The van der Waals surface area contributed by atoms with Gasteiger partial charge in [0.2, 0.25) is 0 Å². The molecule has 2 fully saturated rings. The first-order valence-corrected chi connectivity index (χ1v) is 11.8. The number of carbonyl (C=O) groups excluding carboxylic acids is 1. The van der Waals surface area contributed by atoms with Crippen molar-refractivity contribution < 1.29 is 13.9 Å². The van der Waals surface area contributed by atoms with E-state index in [1.54, 1.807) is 4.90 Å². The van der Waals surface area contributed by atoms with Crippen molar-refractivity contribution in [2.45, 2.75) is 12.6 Å². The predicted octanol–water partition coefficient (Wildman–Crippen LogP) is 3.66. The molecular formula is C27H31N3O3. The second kappa shape index (κ2) is 10.3. The third-order valence-electron chi connectivity index (χ3n) is 6.55. The van der Waals surface area contributed by atoms with E-state index in [1.807, 2.05) is 12.1 Å². The van der Waals surface area contributed by atoms with Crippen molar-refractivity contribution >= 4 is 5.91 Å². The van der Waals surface area contributed by atoms with E-state index in [4.69, 9.17) is 9.15 Å². The van der Waals surface area contributed by atoms with Gasteiger partial charge in [-0.05, 0) is 23.3 Å². The van der Waals surface area contributed by atoms with Gasteiger partial charge in [0.15, 0.2) is 5.76 Å². The molecule has 33 heavy (non-hydrogen) atoms. The average Bonchev–Trinajstić information content (AvgIpc) is 3.35. The normalized spacial score (nSPS) is 18.0. The maximum atomic E-state index is 12.6. The second-order valence-corrected chi connectivity index (χ2v) is 8.71. The number of morpholine rings is 1. The largest absolute Gasteiger partial charge is 0.455 e. The van der Waals surface area contributed by atoms with E-state index in [1.165, 1.54) is 11.1 Å². The van der Waals surface area contributed by atoms with Crippen LogP contribution in [0.3, 0.4) is 0 Å². The van der Waals surface area contributed by atoms with Crippen LogP contribution in [0.25, 0.3) is 0 Å². The summed E-state index contributed by atoms with van der Waals surface area (Å²) in [7, 11) is 0. The van der Waals surface area contributed by atoms with Gasteiger partial charge in [0.05, 0.1) is 25.8 Å². The van der Waals surface area contributed by atoms with E-state index in [0.717, 1.165) is 38.5 Å². The lowest BCUT2D eigenvalue weighted by molar-refractivity contribution is 0.0280. The Hall–Kier alpha value is -2.93. The Labute approximate surface area is 195 Å². The molecule has 5 rings (SSSR count). The molecule has 1 amide bonds. The zero-order valence-electron chi connectivity index (χ0n) is 18.9. The summed E-state index contributed by atoms with van der Waals surface area (Å²) in [6, 6.07) is 25.5. The summed E-state index contributed by atoms with van der Waals surface area (Å²) >= 11 is 0. The third kappa shape index (κ3) is 5.19. The number of nitrogens with zero attached hydrogens (tertiary/aromatic N) is 3. The average molecular weight is 446 g/mol. The van der Waals surface area contributed by atoms with Gasteiger partial charge in [-0.25, -0.2) is 0 Å². The van der Waals surface area contributed by atoms with Crippen LogP contribution in [0.2, 0.25) is 0 Å². The molecule has 2 aliphatic rings. The van der Waals surface area contributed by atoms with Crippen molar-refractivity contribution in [2.75, 3.05) is 52.5 Å². The molecule has 2 aromatic carbocycles. The zero-order chi connectivity index (χ0) is 22.5. The number of piperazine rings is 1. The molecular weight excluding hydrogens is 414 g/mol. The van der Waals surface area contributed by atoms with Crippen LogP contribution in [0, 0.1) is 0 Å². The number of carbonyl (C=O) groups is 1. The maximum Gasteiger partial charge on any atom is 0.289 e. The Bertz CT molecular complexity index is 984. The van der Waals surface area contributed by atoms with Gasteiger partial charge in [-0.2, -0.15) is 0 Å². The van der Waals surface area contributed by atoms with Gasteiger partial charge in [-0.15, -0.1) is 0 Å². The van der Waals surface area contributed by atoms with E-state index in [9.17, 15) is 4.79 Å². The highest BCUT2D eigenvalue weighted by Crippen LogP contribution is 2.29. The Balaban J connectivity index is 1.21. The van der Waals surface area contributed by atoms with E-state index in [2.05, 4.69) is 70.5 Å². The third-order valence-corrected chi connectivity index (χ3v) is 6.55. The minimum Gasteiger partial charge on any atom is -0.455 e. The van der Waals surface area contributed by atoms with Crippen molar-refractivity contribution in [1.29, 1.82) is 0 Å². The molecule has 0 N–H and O–H groups in total. The van der Waals surface area contributed by atoms with E-state index < -0.39 is 0 Å². The number of rotatable bonds is 6. The molecule has 172 valence electrons. The molecule has 0 radical (unpaired) electrons. The van der Waals surface area contributed by atoms with Crippen molar-refractivity contribution in [1.82, 2.24) is 14.7 Å². The molecule has 0 aliphatic carbocycles. The minimum atomic E-state index is -0.0390. The maximum absolute atomic E-state index is 12.6. The quantitative estimate of drug-likeness (QED) is 0.580. The fourth-order valence-electron chi connectivity index (χ4n) is 4.78. The van der Waals surface area contributed by atoms with Gasteiger partial charge in [0.1, 0.15) is 5.76 Å². The topological polar surface area (TPSA) is 49.2 Å². The summed E-state index contributed by atoms with van der Waals surface area (Å²) in [6.07, 6.45) is 0. The minimum absolute atomic E-state index is 0.0390. The summed E-state index contributed by atoms with van der Waals surface area (Å²) in [5, 5.41) is 0. The van der Waals surface area contributed by atoms with Crippen LogP contribution in [-0.2, 0) is 11.3 Å². The molecule has 2 saturated heterocycles. The summed E-state index contributed by atoms with van der Waals surface area (Å²) in [5.41, 5.74) is 2.66. The SMILES string of the molecule is O=C(c1ccc(CN2CCN(C(c3ccccc3)c3ccccc3)CC2)o1)N1CCOCC1. The first kappa shape index (κ1) is 21.9. The Morgan fingerprint density at radius 2 is 1.36 bits per heavy atom. The number of benzene rings is 2. The van der Waals surface area contributed by atoms with Crippen LogP contribution in [0.4, 0.5) is 0 Å². The van der Waals surface area contributed by atoms with Crippen molar-refractivity contribution in [3.63, 3.8) is 0 Å². The van der Waals surface area contributed by atoms with Gasteiger partial charge < -0.3 is 14.1 Å². The Kier molecular flexibility index (Phi) is 6.86. The number of ether oxygens (including phenoxy) is 1. The Morgan fingerprint density at radius 1 is 0.758 bits per heavy atom. The summed E-state index contributed by atoms with van der Waals surface area (Å²) in [5.74, 6) is 1.24. The first-order chi connectivity index (χ1) is 16.3. The number of hydrogen-bond donors (Lipinski definition) is 0.